The summed E-state index contributed by atoms with van der Waals surface area (Å²) in [4.78, 5) is 14.8. The van der Waals surface area contributed by atoms with Gasteiger partial charge >= 0.3 is 0 Å². The molecule has 0 aliphatic carbocycles. The topological polar surface area (TPSA) is 51.8 Å². The van der Waals surface area contributed by atoms with Gasteiger partial charge in [0.2, 0.25) is 0 Å². The van der Waals surface area contributed by atoms with Crippen LogP contribution in [-0.2, 0) is 0 Å². The summed E-state index contributed by atoms with van der Waals surface area (Å²) in [5.74, 6) is 1.86. The summed E-state index contributed by atoms with van der Waals surface area (Å²) in [6.07, 6.45) is 0. The van der Waals surface area contributed by atoms with E-state index in [0.29, 0.717) is 17.5 Å². The average Bonchev–Trinajstić information content (AvgIpc) is 3.46. The highest BCUT2D eigenvalue weighted by molar-refractivity contribution is 6.07. The van der Waals surface area contributed by atoms with Crippen molar-refractivity contribution in [2.45, 2.75) is 0 Å². The molecule has 0 saturated heterocycles. The van der Waals surface area contributed by atoms with Gasteiger partial charge in [-0.3, -0.25) is 0 Å². The summed E-state index contributed by atoms with van der Waals surface area (Å²) < 4.78 is 6.32. The number of hydrogen-bond acceptors (Lipinski definition) is 4. The Morgan fingerprint density at radius 3 is 1.37 bits per heavy atom. The Hall–Kier alpha value is -5.87. The van der Waals surface area contributed by atoms with Crippen LogP contribution in [0.25, 0.3) is 78.4 Å². The van der Waals surface area contributed by atoms with Crippen LogP contribution in [0.1, 0.15) is 0 Å². The monoisotopic (exact) mass is 551 g/mol. The van der Waals surface area contributed by atoms with E-state index in [1.54, 1.807) is 0 Å². The van der Waals surface area contributed by atoms with Gasteiger partial charge in [-0.1, -0.05) is 127 Å². The second kappa shape index (κ2) is 10.5. The van der Waals surface area contributed by atoms with E-state index in [1.807, 2.05) is 54.6 Å². The highest BCUT2D eigenvalue weighted by Gasteiger charge is 2.15. The molecule has 8 aromatic rings. The molecular formula is C39H25N3O. The van der Waals surface area contributed by atoms with Gasteiger partial charge < -0.3 is 4.42 Å². The van der Waals surface area contributed by atoms with Crippen LogP contribution >= 0.6 is 0 Å². The van der Waals surface area contributed by atoms with Gasteiger partial charge in [-0.25, -0.2) is 15.0 Å². The maximum Gasteiger partial charge on any atom is 0.164 e. The third kappa shape index (κ3) is 4.75. The Morgan fingerprint density at radius 2 is 0.744 bits per heavy atom. The first kappa shape index (κ1) is 24.9. The van der Waals surface area contributed by atoms with E-state index in [1.165, 1.54) is 11.1 Å². The Labute approximate surface area is 249 Å². The average molecular weight is 552 g/mol. The molecule has 4 heteroatoms. The summed E-state index contributed by atoms with van der Waals surface area (Å²) in [5, 5.41) is 2.15. The third-order valence-corrected chi connectivity index (χ3v) is 7.75. The first-order valence-corrected chi connectivity index (χ1v) is 14.3. The second-order valence-corrected chi connectivity index (χ2v) is 10.5. The molecule has 2 heterocycles. The second-order valence-electron chi connectivity index (χ2n) is 10.5. The first-order chi connectivity index (χ1) is 21.3. The van der Waals surface area contributed by atoms with Crippen LogP contribution in [0.4, 0.5) is 0 Å². The van der Waals surface area contributed by atoms with Crippen LogP contribution < -0.4 is 0 Å². The lowest BCUT2D eigenvalue weighted by Crippen LogP contribution is -2.00. The lowest BCUT2D eigenvalue weighted by molar-refractivity contribution is 0.669. The maximum absolute atomic E-state index is 6.32. The lowest BCUT2D eigenvalue weighted by Gasteiger charge is -2.09. The Bertz CT molecular complexity index is 2210. The number of rotatable bonds is 5. The molecule has 0 unspecified atom stereocenters. The van der Waals surface area contributed by atoms with Crippen molar-refractivity contribution < 1.29 is 4.42 Å². The van der Waals surface area contributed by atoms with Crippen LogP contribution in [0.2, 0.25) is 0 Å². The number of hydrogen-bond donors (Lipinski definition) is 0. The number of nitrogens with zero attached hydrogens (tertiary/aromatic N) is 3. The molecule has 6 aromatic carbocycles. The smallest absolute Gasteiger partial charge is 0.164 e. The molecule has 8 rings (SSSR count). The van der Waals surface area contributed by atoms with Crippen molar-refractivity contribution in [3.8, 4) is 56.4 Å². The molecule has 0 aliphatic heterocycles. The van der Waals surface area contributed by atoms with E-state index >= 15 is 0 Å². The highest BCUT2D eigenvalue weighted by Crippen LogP contribution is 2.35. The van der Waals surface area contributed by atoms with E-state index in [-0.39, 0.29) is 0 Å². The van der Waals surface area contributed by atoms with Crippen molar-refractivity contribution in [1.29, 1.82) is 0 Å². The SMILES string of the molecule is c1ccc(-c2ccc(-c3nc(-c4ccccc4)nc(-c4ccc5c(c4)oc4ccc(-c6ccccc6)cc45)n3)cc2)cc1. The van der Waals surface area contributed by atoms with Gasteiger partial charge in [-0.15, -0.1) is 0 Å². The van der Waals surface area contributed by atoms with Crippen LogP contribution in [0.15, 0.2) is 156 Å². The minimum absolute atomic E-state index is 0.600. The van der Waals surface area contributed by atoms with Crippen molar-refractivity contribution in [2.75, 3.05) is 0 Å². The summed E-state index contributed by atoms with van der Waals surface area (Å²) >= 11 is 0. The van der Waals surface area contributed by atoms with Crippen molar-refractivity contribution in [2.24, 2.45) is 0 Å². The van der Waals surface area contributed by atoms with Gasteiger partial charge in [0, 0.05) is 27.5 Å². The summed E-state index contributed by atoms with van der Waals surface area (Å²) in [5.41, 5.74) is 9.05. The van der Waals surface area contributed by atoms with Gasteiger partial charge in [0.25, 0.3) is 0 Å². The Kier molecular flexibility index (Phi) is 6.08. The van der Waals surface area contributed by atoms with Crippen molar-refractivity contribution in [1.82, 2.24) is 15.0 Å². The van der Waals surface area contributed by atoms with E-state index in [2.05, 4.69) is 97.1 Å². The quantitative estimate of drug-likeness (QED) is 0.214. The predicted octanol–water partition coefficient (Wildman–Crippen LogP) is 10.1. The molecule has 0 saturated carbocycles. The minimum atomic E-state index is 0.600. The van der Waals surface area contributed by atoms with Crippen LogP contribution in [0.3, 0.4) is 0 Å². The third-order valence-electron chi connectivity index (χ3n) is 7.75. The molecule has 0 atom stereocenters. The van der Waals surface area contributed by atoms with Crippen molar-refractivity contribution >= 4 is 21.9 Å². The number of furan rings is 1. The summed E-state index contributed by atoms with van der Waals surface area (Å²) in [7, 11) is 0. The van der Waals surface area contributed by atoms with Crippen molar-refractivity contribution in [3.63, 3.8) is 0 Å². The van der Waals surface area contributed by atoms with Gasteiger partial charge in [0.05, 0.1) is 0 Å². The summed E-state index contributed by atoms with van der Waals surface area (Å²) in [6, 6.07) is 51.7. The molecule has 0 spiro atoms. The van der Waals surface area contributed by atoms with Gasteiger partial charge in [-0.2, -0.15) is 0 Å². The van der Waals surface area contributed by atoms with Gasteiger partial charge in [0.15, 0.2) is 17.5 Å². The van der Waals surface area contributed by atoms with Crippen molar-refractivity contribution in [3.05, 3.63) is 152 Å². The fraction of sp³-hybridized carbons (Fsp3) is 0. The first-order valence-electron chi connectivity index (χ1n) is 14.3. The molecular weight excluding hydrogens is 526 g/mol. The maximum atomic E-state index is 6.32. The molecule has 202 valence electrons. The fourth-order valence-electron chi connectivity index (χ4n) is 5.52. The van der Waals surface area contributed by atoms with E-state index in [9.17, 15) is 0 Å². The molecule has 0 aliphatic rings. The number of fused-ring (bicyclic) bond motifs is 3. The normalized spacial score (nSPS) is 11.3. The molecule has 43 heavy (non-hydrogen) atoms. The fourth-order valence-corrected chi connectivity index (χ4v) is 5.52. The minimum Gasteiger partial charge on any atom is -0.456 e. The van der Waals surface area contributed by atoms with Gasteiger partial charge in [-0.05, 0) is 46.5 Å². The van der Waals surface area contributed by atoms with E-state index in [4.69, 9.17) is 19.4 Å². The molecule has 0 fully saturated rings. The zero-order valence-electron chi connectivity index (χ0n) is 23.2. The summed E-state index contributed by atoms with van der Waals surface area (Å²) in [6.45, 7) is 0. The molecule has 0 bridgehead atoms. The zero-order chi connectivity index (χ0) is 28.6. The van der Waals surface area contributed by atoms with E-state index in [0.717, 1.165) is 49.8 Å². The number of benzene rings is 6. The lowest BCUT2D eigenvalue weighted by atomic mass is 10.0. The molecule has 4 nitrogen and oxygen atoms in total. The molecule has 0 N–H and O–H groups in total. The largest absolute Gasteiger partial charge is 0.456 e. The van der Waals surface area contributed by atoms with Crippen LogP contribution in [-0.4, -0.2) is 15.0 Å². The number of aromatic nitrogens is 3. The van der Waals surface area contributed by atoms with E-state index < -0.39 is 0 Å². The Morgan fingerprint density at radius 1 is 0.302 bits per heavy atom. The Balaban J connectivity index is 1.23. The molecule has 2 aromatic heterocycles. The highest BCUT2D eigenvalue weighted by atomic mass is 16.3. The molecule has 0 amide bonds. The predicted molar refractivity (Wildman–Crippen MR) is 174 cm³/mol. The van der Waals surface area contributed by atoms with Gasteiger partial charge in [0.1, 0.15) is 11.2 Å². The van der Waals surface area contributed by atoms with Crippen LogP contribution in [0, 0.1) is 0 Å². The van der Waals surface area contributed by atoms with Crippen LogP contribution in [0.5, 0.6) is 0 Å². The standard InChI is InChI=1S/C39H25N3O/c1-4-10-26(11-5-1)28-16-18-30(19-17-28)38-40-37(29-14-8-3-9-15-29)41-39(42-38)32-20-22-33-34-24-31(27-12-6-2-7-13-27)21-23-35(34)43-36(33)25-32/h1-25H. The zero-order valence-corrected chi connectivity index (χ0v) is 23.2. The molecule has 0 radical (unpaired) electrons.